The van der Waals surface area contributed by atoms with E-state index in [4.69, 9.17) is 0 Å². The van der Waals surface area contributed by atoms with E-state index in [1.165, 1.54) is 21.7 Å². The molecule has 1 fully saturated rings. The van der Waals surface area contributed by atoms with Gasteiger partial charge in [0.15, 0.2) is 0 Å². The van der Waals surface area contributed by atoms with Crippen LogP contribution >= 0.6 is 0 Å². The third kappa shape index (κ3) is 4.06. The Kier molecular flexibility index (Phi) is 5.38. The van der Waals surface area contributed by atoms with Gasteiger partial charge in [-0.3, -0.25) is 9.59 Å². The van der Waals surface area contributed by atoms with Gasteiger partial charge in [-0.15, -0.1) is 0 Å². The van der Waals surface area contributed by atoms with Gasteiger partial charge in [0, 0.05) is 38.4 Å². The van der Waals surface area contributed by atoms with Gasteiger partial charge in [0.2, 0.25) is 15.9 Å². The minimum absolute atomic E-state index is 0.0479. The molecule has 1 saturated heterocycles. The third-order valence-corrected chi connectivity index (χ3v) is 6.22. The summed E-state index contributed by atoms with van der Waals surface area (Å²) in [6.45, 7) is -0.0560. The highest BCUT2D eigenvalue weighted by atomic mass is 32.2. The Balaban J connectivity index is 1.68. The summed E-state index contributed by atoms with van der Waals surface area (Å²) in [5.41, 5.74) is -0.311. The lowest BCUT2D eigenvalue weighted by atomic mass is 10.3. The molecule has 0 spiro atoms. The minimum Gasteiger partial charge on any atom is -0.339 e. The zero-order chi connectivity index (χ0) is 19.6. The minimum atomic E-state index is -4.20. The Morgan fingerprint density at radius 2 is 1.74 bits per heavy atom. The van der Waals surface area contributed by atoms with Crippen LogP contribution in [-0.2, 0) is 21.4 Å². The topological polar surface area (TPSA) is 79.7 Å². The first-order valence-corrected chi connectivity index (χ1v) is 9.61. The Morgan fingerprint density at radius 3 is 2.41 bits per heavy atom. The number of benzene rings is 1. The highest BCUT2D eigenvalue weighted by molar-refractivity contribution is 7.89. The van der Waals surface area contributed by atoms with Crippen molar-refractivity contribution in [2.24, 2.45) is 0 Å². The number of nitrogens with zero attached hydrogens (tertiary/aromatic N) is 3. The molecule has 27 heavy (non-hydrogen) atoms. The number of hydrogen-bond donors (Lipinski definition) is 0. The van der Waals surface area contributed by atoms with Crippen LogP contribution in [0.3, 0.4) is 0 Å². The number of aromatic nitrogens is 1. The number of piperazine rings is 1. The molecule has 3 rings (SSSR count). The fourth-order valence-electron chi connectivity index (χ4n) is 2.83. The Labute approximate surface area is 154 Å². The predicted molar refractivity (Wildman–Crippen MR) is 92.4 cm³/mol. The van der Waals surface area contributed by atoms with Gasteiger partial charge in [0.25, 0.3) is 5.56 Å². The van der Waals surface area contributed by atoms with Crippen molar-refractivity contribution in [1.29, 1.82) is 0 Å². The van der Waals surface area contributed by atoms with Crippen LogP contribution in [0.2, 0.25) is 0 Å². The molecule has 1 aromatic carbocycles. The van der Waals surface area contributed by atoms with E-state index in [1.807, 2.05) is 0 Å². The van der Waals surface area contributed by atoms with Gasteiger partial charge in [-0.25, -0.2) is 17.2 Å². The van der Waals surface area contributed by atoms with Crippen LogP contribution in [0.1, 0.15) is 0 Å². The number of pyridine rings is 1. The van der Waals surface area contributed by atoms with Crippen molar-refractivity contribution in [2.75, 3.05) is 26.2 Å². The Hall–Kier alpha value is -2.59. The average molecular weight is 397 g/mol. The molecule has 10 heteroatoms. The molecule has 0 bridgehead atoms. The number of carbonyl (C=O) groups excluding carboxylic acids is 1. The number of sulfonamides is 1. The highest BCUT2D eigenvalue weighted by Gasteiger charge is 2.32. The smallest absolute Gasteiger partial charge is 0.250 e. The van der Waals surface area contributed by atoms with Crippen LogP contribution in [0.4, 0.5) is 8.78 Å². The molecular weight excluding hydrogens is 380 g/mol. The van der Waals surface area contributed by atoms with Crippen LogP contribution < -0.4 is 5.56 Å². The Bertz CT molecular complexity index is 1010. The fraction of sp³-hybridized carbons (Fsp3) is 0.294. The monoisotopic (exact) mass is 397 g/mol. The maximum absolute atomic E-state index is 13.8. The number of amides is 1. The first-order valence-electron chi connectivity index (χ1n) is 8.17. The molecule has 144 valence electrons. The standard InChI is InChI=1S/C17H17F2N3O4S/c18-13-4-5-14(19)15(11-13)27(25,26)22-9-7-20(8-10-22)17(24)12-21-6-2-1-3-16(21)23/h1-6,11H,7-10,12H2. The molecule has 0 aliphatic carbocycles. The van der Waals surface area contributed by atoms with Crippen molar-refractivity contribution < 1.29 is 22.0 Å². The van der Waals surface area contributed by atoms with Gasteiger partial charge < -0.3 is 9.47 Å². The molecule has 0 atom stereocenters. The summed E-state index contributed by atoms with van der Waals surface area (Å²) in [7, 11) is -4.20. The van der Waals surface area contributed by atoms with Gasteiger partial charge in [-0.1, -0.05) is 6.07 Å². The number of carbonyl (C=O) groups is 1. The molecular formula is C17H17F2N3O4S. The van der Waals surface area contributed by atoms with Crippen molar-refractivity contribution in [3.63, 3.8) is 0 Å². The molecule has 2 heterocycles. The van der Waals surface area contributed by atoms with E-state index in [1.54, 1.807) is 12.1 Å². The van der Waals surface area contributed by atoms with E-state index in [0.717, 1.165) is 16.4 Å². The largest absolute Gasteiger partial charge is 0.339 e. The molecule has 2 aromatic rings. The van der Waals surface area contributed by atoms with Gasteiger partial charge in [-0.2, -0.15) is 4.31 Å². The van der Waals surface area contributed by atoms with Crippen LogP contribution in [-0.4, -0.2) is 54.3 Å². The van der Waals surface area contributed by atoms with Crippen molar-refractivity contribution >= 4 is 15.9 Å². The zero-order valence-electron chi connectivity index (χ0n) is 14.2. The molecule has 1 amide bonds. The normalized spacial score (nSPS) is 15.7. The summed E-state index contributed by atoms with van der Waals surface area (Å²) in [5.74, 6) is -2.20. The van der Waals surface area contributed by atoms with E-state index in [-0.39, 0.29) is 44.2 Å². The molecule has 0 N–H and O–H groups in total. The molecule has 0 radical (unpaired) electrons. The second-order valence-corrected chi connectivity index (χ2v) is 7.93. The number of hydrogen-bond acceptors (Lipinski definition) is 4. The van der Waals surface area contributed by atoms with Crippen molar-refractivity contribution in [3.05, 3.63) is 64.6 Å². The maximum atomic E-state index is 13.8. The van der Waals surface area contributed by atoms with Crippen molar-refractivity contribution in [2.45, 2.75) is 11.4 Å². The predicted octanol–water partition coefficient (Wildman–Crippen LogP) is 0.660. The molecule has 0 unspecified atom stereocenters. The van der Waals surface area contributed by atoms with Gasteiger partial charge in [0.05, 0.1) is 0 Å². The highest BCUT2D eigenvalue weighted by Crippen LogP contribution is 2.21. The summed E-state index contributed by atoms with van der Waals surface area (Å²) in [6, 6.07) is 6.79. The quantitative estimate of drug-likeness (QED) is 0.759. The lowest BCUT2D eigenvalue weighted by Crippen LogP contribution is -2.51. The summed E-state index contributed by atoms with van der Waals surface area (Å²) in [4.78, 5) is 24.7. The summed E-state index contributed by atoms with van der Waals surface area (Å²) in [5, 5.41) is 0. The van der Waals surface area contributed by atoms with Crippen LogP contribution in [0.15, 0.2) is 52.3 Å². The molecule has 7 nitrogen and oxygen atoms in total. The summed E-state index contributed by atoms with van der Waals surface area (Å²) in [6.07, 6.45) is 1.49. The van der Waals surface area contributed by atoms with E-state index in [0.29, 0.717) is 6.07 Å². The third-order valence-electron chi connectivity index (χ3n) is 4.31. The second-order valence-electron chi connectivity index (χ2n) is 6.03. The SMILES string of the molecule is O=C(Cn1ccccc1=O)N1CCN(S(=O)(=O)c2cc(F)ccc2F)CC1. The van der Waals surface area contributed by atoms with E-state index in [9.17, 15) is 26.8 Å². The first kappa shape index (κ1) is 19.2. The summed E-state index contributed by atoms with van der Waals surface area (Å²) < 4.78 is 54.5. The second kappa shape index (κ2) is 7.57. The van der Waals surface area contributed by atoms with Gasteiger partial charge >= 0.3 is 0 Å². The van der Waals surface area contributed by atoms with Crippen molar-refractivity contribution in [1.82, 2.24) is 13.8 Å². The van der Waals surface area contributed by atoms with Crippen LogP contribution in [0.25, 0.3) is 0 Å². The molecule has 1 aromatic heterocycles. The Morgan fingerprint density at radius 1 is 1.04 bits per heavy atom. The maximum Gasteiger partial charge on any atom is 0.250 e. The molecule has 0 saturated carbocycles. The zero-order valence-corrected chi connectivity index (χ0v) is 15.0. The average Bonchev–Trinajstić information content (AvgIpc) is 2.65. The number of rotatable bonds is 4. The van der Waals surface area contributed by atoms with E-state index >= 15 is 0 Å². The van der Waals surface area contributed by atoms with Gasteiger partial charge in [0.1, 0.15) is 23.1 Å². The molecule has 1 aliphatic rings. The summed E-state index contributed by atoms with van der Waals surface area (Å²) >= 11 is 0. The van der Waals surface area contributed by atoms with Crippen molar-refractivity contribution in [3.8, 4) is 0 Å². The van der Waals surface area contributed by atoms with E-state index in [2.05, 4.69) is 0 Å². The van der Waals surface area contributed by atoms with Gasteiger partial charge in [-0.05, 0) is 24.3 Å². The van der Waals surface area contributed by atoms with Crippen LogP contribution in [0.5, 0.6) is 0 Å². The lowest BCUT2D eigenvalue weighted by Gasteiger charge is -2.34. The van der Waals surface area contributed by atoms with E-state index < -0.39 is 26.6 Å². The first-order chi connectivity index (χ1) is 12.8. The molecule has 1 aliphatic heterocycles. The number of halogens is 2. The fourth-order valence-corrected chi connectivity index (χ4v) is 4.33. The lowest BCUT2D eigenvalue weighted by molar-refractivity contribution is -0.133. The van der Waals surface area contributed by atoms with Crippen LogP contribution in [0, 0.1) is 11.6 Å².